The highest BCUT2D eigenvalue weighted by Gasteiger charge is 2.37. The van der Waals surface area contributed by atoms with Crippen LogP contribution >= 0.6 is 11.6 Å². The summed E-state index contributed by atoms with van der Waals surface area (Å²) in [5.74, 6) is 0.843. The minimum Gasteiger partial charge on any atom is -0.485 e. The van der Waals surface area contributed by atoms with Crippen molar-refractivity contribution < 1.29 is 32.2 Å². The van der Waals surface area contributed by atoms with Gasteiger partial charge in [0, 0.05) is 38.1 Å². The van der Waals surface area contributed by atoms with Crippen LogP contribution < -0.4 is 14.5 Å². The number of pyridine rings is 1. The number of halogens is 1. The number of hydrogen-bond acceptors (Lipinski definition) is 9. The molecule has 11 nitrogen and oxygen atoms in total. The summed E-state index contributed by atoms with van der Waals surface area (Å²) in [6, 6.07) is 5.58. The lowest BCUT2D eigenvalue weighted by molar-refractivity contribution is 0.0204. The predicted octanol–water partition coefficient (Wildman–Crippen LogP) is 6.05. The minimum atomic E-state index is -3.10. The molecule has 0 bridgehead atoms. The van der Waals surface area contributed by atoms with Crippen LogP contribution in [-0.2, 0) is 25.9 Å². The number of anilines is 3. The Labute approximate surface area is 264 Å². The van der Waals surface area contributed by atoms with E-state index in [4.69, 9.17) is 25.8 Å². The lowest BCUT2D eigenvalue weighted by Gasteiger charge is -2.34. The number of aromatic nitrogens is 1. The predicted molar refractivity (Wildman–Crippen MR) is 169 cm³/mol. The summed E-state index contributed by atoms with van der Waals surface area (Å²) >= 11 is 6.87. The van der Waals surface area contributed by atoms with Crippen LogP contribution in [-0.4, -0.2) is 79.4 Å². The number of sulfone groups is 1. The van der Waals surface area contributed by atoms with Gasteiger partial charge in [0.2, 0.25) is 0 Å². The molecule has 1 aromatic carbocycles. The summed E-state index contributed by atoms with van der Waals surface area (Å²) < 4.78 is 42.0. The Morgan fingerprint density at radius 3 is 2.16 bits per heavy atom. The molecule has 5 rings (SSSR count). The van der Waals surface area contributed by atoms with Gasteiger partial charge in [-0.05, 0) is 84.1 Å². The molecule has 0 N–H and O–H groups in total. The molecule has 2 saturated heterocycles. The lowest BCUT2D eigenvalue weighted by Crippen LogP contribution is -2.41. The summed E-state index contributed by atoms with van der Waals surface area (Å²) in [7, 11) is -3.10. The number of carbonyl (C=O) groups excluding carboxylic acids is 2. The summed E-state index contributed by atoms with van der Waals surface area (Å²) in [5.41, 5.74) is 1.35. The van der Waals surface area contributed by atoms with E-state index in [1.165, 1.54) is 4.90 Å². The Kier molecular flexibility index (Phi) is 8.71. The maximum atomic E-state index is 13.9. The third-order valence-electron chi connectivity index (χ3n) is 7.75. The van der Waals surface area contributed by atoms with E-state index in [2.05, 4.69) is 4.98 Å². The highest BCUT2D eigenvalue weighted by atomic mass is 35.5. The largest absolute Gasteiger partial charge is 0.485 e. The average molecular weight is 649 g/mol. The molecule has 3 aliphatic heterocycles. The Hall–Kier alpha value is -3.25. The molecule has 0 aliphatic carbocycles. The summed E-state index contributed by atoms with van der Waals surface area (Å²) in [6.45, 7) is 12.7. The second-order valence-electron chi connectivity index (χ2n) is 13.5. The van der Waals surface area contributed by atoms with Crippen LogP contribution in [0, 0.1) is 0 Å². The maximum absolute atomic E-state index is 13.9. The molecule has 0 saturated carbocycles. The van der Waals surface area contributed by atoms with E-state index < -0.39 is 27.1 Å². The molecule has 2 aromatic rings. The summed E-state index contributed by atoms with van der Waals surface area (Å²) in [5, 5.41) is 0.346. The van der Waals surface area contributed by atoms with Gasteiger partial charge in [-0.3, -0.25) is 0 Å². The number of ether oxygens (including phenoxy) is 3. The zero-order chi connectivity index (χ0) is 32.0. The fourth-order valence-electron chi connectivity index (χ4n) is 5.67. The van der Waals surface area contributed by atoms with Crippen LogP contribution in [0.5, 0.6) is 5.75 Å². The van der Waals surface area contributed by atoms with Gasteiger partial charge in [0.05, 0.1) is 27.8 Å². The van der Waals surface area contributed by atoms with Crippen molar-refractivity contribution in [2.24, 2.45) is 0 Å². The number of rotatable bonds is 2. The van der Waals surface area contributed by atoms with Gasteiger partial charge in [0.25, 0.3) is 0 Å². The van der Waals surface area contributed by atoms with Crippen LogP contribution in [0.15, 0.2) is 24.4 Å². The molecular formula is C31H41ClN4O7S. The van der Waals surface area contributed by atoms with Crippen molar-refractivity contribution in [2.75, 3.05) is 47.5 Å². The second kappa shape index (κ2) is 11.9. The van der Waals surface area contributed by atoms with Gasteiger partial charge in [0.15, 0.2) is 21.4 Å². The fraction of sp³-hybridized carbons (Fsp3) is 0.581. The number of amides is 2. The number of fused-ring (bicyclic) bond motifs is 2. The van der Waals surface area contributed by atoms with Crippen molar-refractivity contribution in [3.8, 4) is 5.75 Å². The van der Waals surface area contributed by atoms with Crippen LogP contribution in [0.3, 0.4) is 0 Å². The quantitative estimate of drug-likeness (QED) is 0.383. The third-order valence-corrected chi connectivity index (χ3v) is 9.64. The minimum absolute atomic E-state index is 0.0445. The highest BCUT2D eigenvalue weighted by Crippen LogP contribution is 2.47. The smallest absolute Gasteiger partial charge is 0.420 e. The lowest BCUT2D eigenvalue weighted by atomic mass is 9.89. The Bertz CT molecular complexity index is 1530. The maximum Gasteiger partial charge on any atom is 0.420 e. The first kappa shape index (κ1) is 32.2. The van der Waals surface area contributed by atoms with Gasteiger partial charge in [-0.25, -0.2) is 27.9 Å². The Morgan fingerprint density at radius 1 is 0.932 bits per heavy atom. The third kappa shape index (κ3) is 7.17. The molecule has 3 aliphatic rings. The fourth-order valence-corrected chi connectivity index (χ4v) is 7.15. The molecule has 0 atom stereocenters. The zero-order valence-electron chi connectivity index (χ0n) is 26.2. The first-order chi connectivity index (χ1) is 20.5. The molecule has 240 valence electrons. The van der Waals surface area contributed by atoms with Crippen molar-refractivity contribution >= 4 is 50.8 Å². The van der Waals surface area contributed by atoms with E-state index in [0.29, 0.717) is 66.9 Å². The Balaban J connectivity index is 1.51. The van der Waals surface area contributed by atoms with E-state index in [-0.39, 0.29) is 30.1 Å². The first-order valence-corrected chi connectivity index (χ1v) is 17.1. The number of piperidine rings is 1. The van der Waals surface area contributed by atoms with Crippen molar-refractivity contribution in [2.45, 2.75) is 78.1 Å². The van der Waals surface area contributed by atoms with E-state index in [1.54, 1.807) is 31.9 Å². The second-order valence-corrected chi connectivity index (χ2v) is 16.2. The van der Waals surface area contributed by atoms with Gasteiger partial charge < -0.3 is 24.0 Å². The number of nitrogens with zero attached hydrogens (tertiary/aromatic N) is 4. The van der Waals surface area contributed by atoms with Crippen LogP contribution in [0.1, 0.15) is 71.4 Å². The molecule has 44 heavy (non-hydrogen) atoms. The van der Waals surface area contributed by atoms with Gasteiger partial charge in [0.1, 0.15) is 17.8 Å². The number of likely N-dealkylation sites (tertiary alicyclic amines) is 1. The van der Waals surface area contributed by atoms with E-state index in [0.717, 1.165) is 11.3 Å². The van der Waals surface area contributed by atoms with E-state index in [9.17, 15) is 18.0 Å². The van der Waals surface area contributed by atoms with Crippen LogP contribution in [0.2, 0.25) is 5.02 Å². The first-order valence-electron chi connectivity index (χ1n) is 14.9. The number of hydrogen-bond donors (Lipinski definition) is 0. The zero-order valence-corrected chi connectivity index (χ0v) is 27.8. The molecule has 2 fully saturated rings. The molecule has 0 unspecified atom stereocenters. The van der Waals surface area contributed by atoms with E-state index >= 15 is 0 Å². The molecular weight excluding hydrogens is 608 g/mol. The molecule has 4 heterocycles. The van der Waals surface area contributed by atoms with Gasteiger partial charge in [-0.15, -0.1) is 0 Å². The van der Waals surface area contributed by atoms with E-state index in [1.807, 2.05) is 43.9 Å². The SMILES string of the molecule is CC(C)(C)OC(=O)N1CCC(c2cc(Cl)c3c(c2)N(C(=O)OC(C)(C)C)c2nccc(N4CCS(=O)(=O)CC4)c2CO3)CC1. The normalized spacial score (nSPS) is 18.9. The van der Waals surface area contributed by atoms with Crippen LogP contribution in [0.25, 0.3) is 0 Å². The van der Waals surface area contributed by atoms with Gasteiger partial charge in [-0.1, -0.05) is 11.6 Å². The van der Waals surface area contributed by atoms with Crippen LogP contribution in [0.4, 0.5) is 26.8 Å². The number of carbonyl (C=O) groups is 2. The monoisotopic (exact) mass is 648 g/mol. The summed E-state index contributed by atoms with van der Waals surface area (Å²) in [4.78, 5) is 36.3. The topological polar surface area (TPSA) is 119 Å². The standard InChI is InChI=1S/C31H41ClN4O7S/c1-30(2,3)42-28(37)35-11-8-20(9-12-35)21-17-23(32)26-25(18-21)36(29(38)43-31(4,5)6)27-22(19-41-26)24(7-10-33-27)34-13-15-44(39,40)16-14-34/h7,10,17-18,20H,8-9,11-16,19H2,1-6H3. The molecule has 1 aromatic heterocycles. The van der Waals surface area contributed by atoms with Crippen molar-refractivity contribution in [3.63, 3.8) is 0 Å². The van der Waals surface area contributed by atoms with Gasteiger partial charge >= 0.3 is 12.2 Å². The average Bonchev–Trinajstić information content (AvgIpc) is 3.08. The number of benzene rings is 1. The Morgan fingerprint density at radius 2 is 1.55 bits per heavy atom. The highest BCUT2D eigenvalue weighted by molar-refractivity contribution is 7.91. The van der Waals surface area contributed by atoms with Crippen molar-refractivity contribution in [1.82, 2.24) is 9.88 Å². The summed E-state index contributed by atoms with van der Waals surface area (Å²) in [6.07, 6.45) is 2.03. The van der Waals surface area contributed by atoms with Crippen molar-refractivity contribution in [1.29, 1.82) is 0 Å². The van der Waals surface area contributed by atoms with Gasteiger partial charge in [-0.2, -0.15) is 0 Å². The molecule has 13 heteroatoms. The molecule has 2 amide bonds. The molecule has 0 spiro atoms. The molecule has 0 radical (unpaired) electrons. The van der Waals surface area contributed by atoms with Crippen molar-refractivity contribution in [3.05, 3.63) is 40.5 Å².